The van der Waals surface area contributed by atoms with Crippen LogP contribution in [0, 0.1) is 6.92 Å². The Morgan fingerprint density at radius 2 is 2.17 bits per heavy atom. The molecule has 2 aromatic rings. The fourth-order valence-electron chi connectivity index (χ4n) is 1.62. The molecule has 2 N–H and O–H groups in total. The summed E-state index contributed by atoms with van der Waals surface area (Å²) in [6, 6.07) is 9.04. The lowest BCUT2D eigenvalue weighted by molar-refractivity contribution is -0.107. The molecule has 1 aromatic heterocycles. The molecular weight excluding hydrogens is 228 g/mol. The van der Waals surface area contributed by atoms with E-state index in [9.17, 15) is 4.79 Å². The van der Waals surface area contributed by atoms with Crippen LogP contribution in [0.1, 0.15) is 11.1 Å². The summed E-state index contributed by atoms with van der Waals surface area (Å²) in [6.07, 6.45) is 2.86. The predicted molar refractivity (Wildman–Crippen MR) is 69.7 cm³/mol. The molecule has 0 fully saturated rings. The van der Waals surface area contributed by atoms with Gasteiger partial charge in [-0.25, -0.2) is 4.98 Å². The van der Waals surface area contributed by atoms with Crippen LogP contribution in [0.25, 0.3) is 0 Å². The first kappa shape index (κ1) is 12.1. The number of nitrogens with zero attached hydrogens (tertiary/aromatic N) is 1. The lowest BCUT2D eigenvalue weighted by atomic mass is 10.1. The number of ether oxygens (including phenoxy) is 1. The number of hydrogen-bond acceptors (Lipinski definition) is 4. The lowest BCUT2D eigenvalue weighted by Gasteiger charge is -2.08. The van der Waals surface area contributed by atoms with Crippen molar-refractivity contribution in [3.05, 3.63) is 47.7 Å². The molecule has 4 heteroatoms. The quantitative estimate of drug-likeness (QED) is 0.836. The first-order valence-electron chi connectivity index (χ1n) is 5.61. The average Bonchev–Trinajstić information content (AvgIpc) is 2.36. The Kier molecular flexibility index (Phi) is 3.57. The molecule has 0 amide bonds. The summed E-state index contributed by atoms with van der Waals surface area (Å²) in [5, 5.41) is 0. The molecule has 0 saturated carbocycles. The Bertz CT molecular complexity index is 550. The minimum atomic E-state index is 0.423. The molecule has 0 unspecified atom stereocenters. The van der Waals surface area contributed by atoms with Gasteiger partial charge in [-0.1, -0.05) is 6.07 Å². The molecule has 1 heterocycles. The van der Waals surface area contributed by atoms with E-state index in [1.165, 1.54) is 0 Å². The molecule has 0 bridgehead atoms. The normalized spacial score (nSPS) is 10.1. The number of nitrogen functional groups attached to an aromatic ring is 1. The summed E-state index contributed by atoms with van der Waals surface area (Å²) in [7, 11) is 0. The molecule has 4 nitrogen and oxygen atoms in total. The fourth-order valence-corrected chi connectivity index (χ4v) is 1.62. The van der Waals surface area contributed by atoms with Crippen molar-refractivity contribution in [3.63, 3.8) is 0 Å². The van der Waals surface area contributed by atoms with Gasteiger partial charge in [0.1, 0.15) is 12.0 Å². The summed E-state index contributed by atoms with van der Waals surface area (Å²) < 4.78 is 5.59. The Morgan fingerprint density at radius 1 is 1.33 bits per heavy atom. The van der Waals surface area contributed by atoms with E-state index in [1.54, 1.807) is 18.3 Å². The number of anilines is 1. The highest BCUT2D eigenvalue weighted by Crippen LogP contribution is 2.22. The number of benzene rings is 1. The highest BCUT2D eigenvalue weighted by atomic mass is 16.5. The van der Waals surface area contributed by atoms with Gasteiger partial charge in [-0.15, -0.1) is 0 Å². The topological polar surface area (TPSA) is 65.2 Å². The third-order valence-corrected chi connectivity index (χ3v) is 2.60. The van der Waals surface area contributed by atoms with E-state index in [-0.39, 0.29) is 0 Å². The molecule has 1 aromatic carbocycles. The Labute approximate surface area is 105 Å². The Morgan fingerprint density at radius 3 is 2.78 bits per heavy atom. The maximum atomic E-state index is 10.5. The lowest BCUT2D eigenvalue weighted by Crippen LogP contribution is -1.93. The van der Waals surface area contributed by atoms with Crippen molar-refractivity contribution in [1.29, 1.82) is 0 Å². The molecule has 92 valence electrons. The zero-order valence-electron chi connectivity index (χ0n) is 10.1. The molecule has 0 radical (unpaired) electrons. The van der Waals surface area contributed by atoms with Crippen molar-refractivity contribution < 1.29 is 9.53 Å². The first-order valence-corrected chi connectivity index (χ1v) is 5.61. The third kappa shape index (κ3) is 2.85. The van der Waals surface area contributed by atoms with E-state index >= 15 is 0 Å². The van der Waals surface area contributed by atoms with Crippen LogP contribution < -0.4 is 10.5 Å². The second kappa shape index (κ2) is 5.31. The van der Waals surface area contributed by atoms with Gasteiger partial charge in [0.05, 0.1) is 11.9 Å². The van der Waals surface area contributed by atoms with E-state index in [4.69, 9.17) is 10.5 Å². The average molecular weight is 242 g/mol. The number of aromatic nitrogens is 1. The second-order valence-corrected chi connectivity index (χ2v) is 3.99. The number of hydrogen-bond donors (Lipinski definition) is 1. The number of carbonyl (C=O) groups excluding carboxylic acids is 1. The summed E-state index contributed by atoms with van der Waals surface area (Å²) in [4.78, 5) is 14.5. The molecular formula is C14H14N2O2. The Balaban J connectivity index is 2.17. The van der Waals surface area contributed by atoms with Gasteiger partial charge >= 0.3 is 0 Å². The van der Waals surface area contributed by atoms with Crippen LogP contribution in [0.5, 0.6) is 11.6 Å². The van der Waals surface area contributed by atoms with Gasteiger partial charge in [-0.2, -0.15) is 0 Å². The molecule has 0 spiro atoms. The summed E-state index contributed by atoms with van der Waals surface area (Å²) in [6.45, 7) is 1.95. The third-order valence-electron chi connectivity index (χ3n) is 2.60. The number of nitrogens with two attached hydrogens (primary N) is 1. The molecule has 0 aliphatic heterocycles. The van der Waals surface area contributed by atoms with E-state index in [2.05, 4.69) is 4.98 Å². The summed E-state index contributed by atoms with van der Waals surface area (Å²) in [5.74, 6) is 1.19. The standard InChI is InChI=1S/C14H14N2O2/c1-10-8-13(4-2-11(10)6-7-17)18-14-5-3-12(15)9-16-14/h2-5,7-9H,6,15H2,1H3. The number of aldehydes is 1. The minimum Gasteiger partial charge on any atom is -0.439 e. The molecule has 0 aliphatic carbocycles. The van der Waals surface area contributed by atoms with Crippen LogP contribution in [0.15, 0.2) is 36.5 Å². The van der Waals surface area contributed by atoms with Crippen LogP contribution in [0.2, 0.25) is 0 Å². The molecule has 18 heavy (non-hydrogen) atoms. The smallest absolute Gasteiger partial charge is 0.219 e. The van der Waals surface area contributed by atoms with Gasteiger partial charge < -0.3 is 15.3 Å². The first-order chi connectivity index (χ1) is 8.69. The SMILES string of the molecule is Cc1cc(Oc2ccc(N)cn2)ccc1CC=O. The largest absolute Gasteiger partial charge is 0.439 e. The highest BCUT2D eigenvalue weighted by molar-refractivity contribution is 5.56. The van der Waals surface area contributed by atoms with Gasteiger partial charge in [-0.05, 0) is 36.2 Å². The van der Waals surface area contributed by atoms with Gasteiger partial charge in [0.15, 0.2) is 0 Å². The van der Waals surface area contributed by atoms with Crippen LogP contribution in [0.3, 0.4) is 0 Å². The van der Waals surface area contributed by atoms with Crippen LogP contribution in [0.4, 0.5) is 5.69 Å². The maximum Gasteiger partial charge on any atom is 0.219 e. The van der Waals surface area contributed by atoms with Crippen molar-refractivity contribution >= 4 is 12.0 Å². The van der Waals surface area contributed by atoms with Crippen molar-refractivity contribution in [2.45, 2.75) is 13.3 Å². The second-order valence-electron chi connectivity index (χ2n) is 3.99. The van der Waals surface area contributed by atoms with Gasteiger partial charge in [-0.3, -0.25) is 0 Å². The van der Waals surface area contributed by atoms with Crippen LogP contribution in [-0.4, -0.2) is 11.3 Å². The van der Waals surface area contributed by atoms with E-state index in [1.807, 2.05) is 25.1 Å². The molecule has 0 aliphatic rings. The van der Waals surface area contributed by atoms with E-state index in [0.29, 0.717) is 23.7 Å². The van der Waals surface area contributed by atoms with Crippen molar-refractivity contribution in [3.8, 4) is 11.6 Å². The molecule has 0 atom stereocenters. The molecule has 2 rings (SSSR count). The minimum absolute atomic E-state index is 0.423. The van der Waals surface area contributed by atoms with Crippen molar-refractivity contribution in [2.24, 2.45) is 0 Å². The fraction of sp³-hybridized carbons (Fsp3) is 0.143. The highest BCUT2D eigenvalue weighted by Gasteiger charge is 2.02. The van der Waals surface area contributed by atoms with Crippen molar-refractivity contribution in [2.75, 3.05) is 5.73 Å². The van der Waals surface area contributed by atoms with Gasteiger partial charge in [0, 0.05) is 12.5 Å². The summed E-state index contributed by atoms with van der Waals surface area (Å²) in [5.41, 5.74) is 8.17. The summed E-state index contributed by atoms with van der Waals surface area (Å²) >= 11 is 0. The van der Waals surface area contributed by atoms with E-state index in [0.717, 1.165) is 17.4 Å². The molecule has 0 saturated heterocycles. The number of pyridine rings is 1. The van der Waals surface area contributed by atoms with Gasteiger partial charge in [0.2, 0.25) is 5.88 Å². The zero-order valence-corrected chi connectivity index (χ0v) is 10.1. The Hall–Kier alpha value is -2.36. The monoisotopic (exact) mass is 242 g/mol. The van der Waals surface area contributed by atoms with Crippen LogP contribution >= 0.6 is 0 Å². The predicted octanol–water partition coefficient (Wildman–Crippen LogP) is 2.51. The van der Waals surface area contributed by atoms with E-state index < -0.39 is 0 Å². The van der Waals surface area contributed by atoms with Gasteiger partial charge in [0.25, 0.3) is 0 Å². The number of aryl methyl sites for hydroxylation is 1. The van der Waals surface area contributed by atoms with Crippen molar-refractivity contribution in [1.82, 2.24) is 4.98 Å². The number of rotatable bonds is 4. The zero-order chi connectivity index (χ0) is 13.0. The number of carbonyl (C=O) groups is 1. The van der Waals surface area contributed by atoms with Crippen LogP contribution in [-0.2, 0) is 11.2 Å². The maximum absolute atomic E-state index is 10.5.